The van der Waals surface area contributed by atoms with E-state index < -0.39 is 5.66 Å². The molecule has 0 aliphatic carbocycles. The molecule has 0 aliphatic rings. The lowest BCUT2D eigenvalue weighted by atomic mass is 10.2. The van der Waals surface area contributed by atoms with Gasteiger partial charge in [0.15, 0.2) is 0 Å². The molecule has 20 heavy (non-hydrogen) atoms. The number of azo groups is 1. The van der Waals surface area contributed by atoms with Gasteiger partial charge >= 0.3 is 6.03 Å². The first-order valence-electron chi connectivity index (χ1n) is 6.79. The van der Waals surface area contributed by atoms with Crippen molar-refractivity contribution in [3.05, 3.63) is 0 Å². The van der Waals surface area contributed by atoms with Gasteiger partial charge in [-0.1, -0.05) is 0 Å². The topological polar surface area (TPSA) is 75.5 Å². The number of urea groups is 1. The maximum atomic E-state index is 12.2. The molecule has 0 aromatic rings. The number of hydrogen-bond donors (Lipinski definition) is 1. The highest BCUT2D eigenvalue weighted by atomic mass is 16.5. The van der Waals surface area contributed by atoms with E-state index in [0.717, 1.165) is 0 Å². The smallest absolute Gasteiger partial charge is 0.319 e. The van der Waals surface area contributed by atoms with E-state index in [0.29, 0.717) is 26.3 Å². The van der Waals surface area contributed by atoms with Crippen molar-refractivity contribution in [2.24, 2.45) is 10.2 Å². The summed E-state index contributed by atoms with van der Waals surface area (Å²) in [5.41, 5.74) is -0.736. The minimum absolute atomic E-state index is 0.101. The molecule has 0 heterocycles. The fraction of sp³-hybridized carbons (Fsp3) is 0.923. The van der Waals surface area contributed by atoms with Crippen LogP contribution in [-0.2, 0) is 9.47 Å². The molecule has 7 heteroatoms. The van der Waals surface area contributed by atoms with E-state index in [9.17, 15) is 4.79 Å². The maximum absolute atomic E-state index is 12.2. The van der Waals surface area contributed by atoms with Gasteiger partial charge in [-0.25, -0.2) is 4.79 Å². The summed E-state index contributed by atoms with van der Waals surface area (Å²) >= 11 is 0. The van der Waals surface area contributed by atoms with Gasteiger partial charge in [0.2, 0.25) is 0 Å². The van der Waals surface area contributed by atoms with Gasteiger partial charge in [0.25, 0.3) is 0 Å². The van der Waals surface area contributed by atoms with Gasteiger partial charge in [-0.15, -0.1) is 0 Å². The predicted molar refractivity (Wildman–Crippen MR) is 77.9 cm³/mol. The van der Waals surface area contributed by atoms with Gasteiger partial charge in [-0.05, 0) is 27.7 Å². The summed E-state index contributed by atoms with van der Waals surface area (Å²) in [6.07, 6.45) is 0. The number of nitrogens with one attached hydrogen (secondary N) is 1. The molecule has 0 saturated carbocycles. The molecule has 0 aromatic carbocycles. The van der Waals surface area contributed by atoms with E-state index in [2.05, 4.69) is 15.5 Å². The second kappa shape index (κ2) is 9.66. The van der Waals surface area contributed by atoms with Gasteiger partial charge in [0.1, 0.15) is 5.66 Å². The zero-order valence-electron chi connectivity index (χ0n) is 13.5. The number of methoxy groups -OCH3 is 2. The quantitative estimate of drug-likeness (QED) is 0.658. The minimum Gasteiger partial charge on any atom is -0.383 e. The van der Waals surface area contributed by atoms with E-state index in [1.54, 1.807) is 19.1 Å². The molecule has 0 rings (SSSR count). The summed E-state index contributed by atoms with van der Waals surface area (Å²) in [6, 6.07) is -0.101. The Kier molecular flexibility index (Phi) is 9.07. The summed E-state index contributed by atoms with van der Waals surface area (Å²) in [7, 11) is 3.21. The zero-order chi connectivity index (χ0) is 15.6. The van der Waals surface area contributed by atoms with E-state index >= 15 is 0 Å². The summed E-state index contributed by atoms with van der Waals surface area (Å²) in [4.78, 5) is 13.9. The molecular weight excluding hydrogens is 260 g/mol. The second-order valence-corrected chi connectivity index (χ2v) is 5.27. The lowest BCUT2D eigenvalue weighted by Crippen LogP contribution is -2.50. The summed E-state index contributed by atoms with van der Waals surface area (Å²) in [6.45, 7) is 9.45. The number of amides is 2. The Bertz CT molecular complexity index is 298. The Labute approximate surface area is 121 Å². The van der Waals surface area contributed by atoms with Crippen LogP contribution < -0.4 is 5.32 Å². The summed E-state index contributed by atoms with van der Waals surface area (Å²) in [5, 5.41) is 11.1. The van der Waals surface area contributed by atoms with Gasteiger partial charge in [-0.3, -0.25) is 0 Å². The monoisotopic (exact) mass is 288 g/mol. The third-order valence-electron chi connectivity index (χ3n) is 2.37. The Morgan fingerprint density at radius 3 is 2.10 bits per heavy atom. The van der Waals surface area contributed by atoms with Crippen molar-refractivity contribution < 1.29 is 14.3 Å². The van der Waals surface area contributed by atoms with Crippen molar-refractivity contribution in [3.8, 4) is 0 Å². The van der Waals surface area contributed by atoms with E-state index in [-0.39, 0.29) is 12.1 Å². The Balaban J connectivity index is 4.55. The van der Waals surface area contributed by atoms with Crippen LogP contribution in [0.5, 0.6) is 0 Å². The highest BCUT2D eigenvalue weighted by Crippen LogP contribution is 2.07. The van der Waals surface area contributed by atoms with E-state index in [1.165, 1.54) is 0 Å². The highest BCUT2D eigenvalue weighted by molar-refractivity contribution is 5.74. The maximum Gasteiger partial charge on any atom is 0.319 e. The van der Waals surface area contributed by atoms with Gasteiger partial charge in [0.05, 0.1) is 19.3 Å². The van der Waals surface area contributed by atoms with Crippen molar-refractivity contribution in [1.82, 2.24) is 10.2 Å². The third-order valence-corrected chi connectivity index (χ3v) is 2.37. The van der Waals surface area contributed by atoms with Crippen molar-refractivity contribution in [1.29, 1.82) is 0 Å². The molecule has 0 atom stereocenters. The standard InChI is InChI=1S/C13H28N4O3/c1-11(2)15-16-13(3,4)14-12(18)17(7-9-19-5)8-10-20-6/h11H,7-10H2,1-6H3,(H,14,18). The summed E-state index contributed by atoms with van der Waals surface area (Å²) in [5.74, 6) is 0. The molecule has 0 saturated heterocycles. The molecule has 0 radical (unpaired) electrons. The van der Waals surface area contributed by atoms with Crippen LogP contribution in [0.1, 0.15) is 27.7 Å². The van der Waals surface area contributed by atoms with Crippen LogP contribution in [0.4, 0.5) is 4.79 Å². The first kappa shape index (κ1) is 18.8. The number of hydrogen-bond acceptors (Lipinski definition) is 5. The number of nitrogens with zero attached hydrogens (tertiary/aromatic N) is 3. The Morgan fingerprint density at radius 1 is 1.20 bits per heavy atom. The fourth-order valence-electron chi connectivity index (χ4n) is 1.34. The van der Waals surface area contributed by atoms with Crippen LogP contribution in [0.3, 0.4) is 0 Å². The average molecular weight is 288 g/mol. The minimum atomic E-state index is -0.736. The van der Waals surface area contributed by atoms with Crippen LogP contribution in [0.2, 0.25) is 0 Å². The van der Waals surface area contributed by atoms with Crippen molar-refractivity contribution in [2.75, 3.05) is 40.5 Å². The van der Waals surface area contributed by atoms with Gasteiger partial charge in [0, 0.05) is 27.3 Å². The molecule has 1 N–H and O–H groups in total. The van der Waals surface area contributed by atoms with Crippen LogP contribution in [-0.4, -0.2) is 63.2 Å². The van der Waals surface area contributed by atoms with Crippen LogP contribution in [0, 0.1) is 0 Å². The molecule has 0 bridgehead atoms. The molecular formula is C13H28N4O3. The Morgan fingerprint density at radius 2 is 1.70 bits per heavy atom. The first-order chi connectivity index (χ1) is 9.32. The molecule has 0 spiro atoms. The van der Waals surface area contributed by atoms with Gasteiger partial charge in [-0.2, -0.15) is 10.2 Å². The third kappa shape index (κ3) is 8.82. The van der Waals surface area contributed by atoms with Crippen molar-refractivity contribution in [3.63, 3.8) is 0 Å². The van der Waals surface area contributed by atoms with E-state index in [4.69, 9.17) is 9.47 Å². The second-order valence-electron chi connectivity index (χ2n) is 5.27. The van der Waals surface area contributed by atoms with Gasteiger partial charge < -0.3 is 19.7 Å². The zero-order valence-corrected chi connectivity index (χ0v) is 13.5. The summed E-state index contributed by atoms with van der Waals surface area (Å²) < 4.78 is 10.0. The molecule has 0 unspecified atom stereocenters. The average Bonchev–Trinajstić information content (AvgIpc) is 2.36. The first-order valence-corrected chi connectivity index (χ1v) is 6.79. The Hall–Kier alpha value is -1.21. The van der Waals surface area contributed by atoms with Crippen LogP contribution in [0.15, 0.2) is 10.2 Å². The highest BCUT2D eigenvalue weighted by Gasteiger charge is 2.23. The fourth-order valence-corrected chi connectivity index (χ4v) is 1.34. The number of rotatable bonds is 9. The molecule has 2 amide bonds. The molecule has 118 valence electrons. The van der Waals surface area contributed by atoms with Crippen LogP contribution >= 0.6 is 0 Å². The lowest BCUT2D eigenvalue weighted by molar-refractivity contribution is 0.119. The van der Waals surface area contributed by atoms with Crippen molar-refractivity contribution >= 4 is 6.03 Å². The lowest BCUT2D eigenvalue weighted by Gasteiger charge is -2.27. The number of carbonyl (C=O) groups excluding carboxylic acids is 1. The SMILES string of the molecule is COCCN(CCOC)C(=O)NC(C)(C)N=NC(C)C. The molecule has 0 aromatic heterocycles. The number of ether oxygens (including phenoxy) is 2. The molecule has 0 fully saturated rings. The number of carbonyl (C=O) groups is 1. The van der Waals surface area contributed by atoms with Crippen molar-refractivity contribution in [2.45, 2.75) is 39.4 Å². The normalized spacial score (nSPS) is 12.2. The largest absolute Gasteiger partial charge is 0.383 e. The van der Waals surface area contributed by atoms with Crippen LogP contribution in [0.25, 0.3) is 0 Å². The molecule has 7 nitrogen and oxygen atoms in total. The predicted octanol–water partition coefficient (Wildman–Crippen LogP) is 1.89. The van der Waals surface area contributed by atoms with E-state index in [1.807, 2.05) is 27.7 Å². The molecule has 0 aliphatic heterocycles.